The van der Waals surface area contributed by atoms with Gasteiger partial charge in [0, 0.05) is 24.0 Å². The number of H-pyrrole nitrogens is 1. The molecule has 1 aliphatic heterocycles. The summed E-state index contributed by atoms with van der Waals surface area (Å²) < 4.78 is 10.6. The van der Waals surface area contributed by atoms with Crippen molar-refractivity contribution in [1.82, 2.24) is 10.3 Å². The Balaban J connectivity index is 1.35. The lowest BCUT2D eigenvalue weighted by Crippen LogP contribution is -2.26. The van der Waals surface area contributed by atoms with E-state index in [2.05, 4.69) is 10.3 Å². The van der Waals surface area contributed by atoms with Crippen LogP contribution in [0, 0.1) is 0 Å². The number of aromatic amines is 1. The summed E-state index contributed by atoms with van der Waals surface area (Å²) in [5, 5.41) is 3.75. The number of amides is 1. The molecule has 2 N–H and O–H groups in total. The Hall–Kier alpha value is -3.28. The SMILES string of the molecule is O=C(CCc1ccc2c(c1)OCO2)NCc1cc2ccccc2[nH]c1=O. The van der Waals surface area contributed by atoms with Crippen LogP contribution in [0.1, 0.15) is 17.5 Å². The van der Waals surface area contributed by atoms with Gasteiger partial charge in [0.05, 0.1) is 0 Å². The van der Waals surface area contributed by atoms with E-state index < -0.39 is 0 Å². The highest BCUT2D eigenvalue weighted by molar-refractivity contribution is 5.79. The molecule has 0 fully saturated rings. The van der Waals surface area contributed by atoms with Gasteiger partial charge in [0.2, 0.25) is 12.7 Å². The highest BCUT2D eigenvalue weighted by Crippen LogP contribution is 2.32. The molecule has 0 saturated carbocycles. The van der Waals surface area contributed by atoms with Crippen LogP contribution in [0.2, 0.25) is 0 Å². The second-order valence-corrected chi connectivity index (χ2v) is 6.18. The number of carbonyl (C=O) groups is 1. The van der Waals surface area contributed by atoms with Crippen LogP contribution in [0.15, 0.2) is 53.3 Å². The molecule has 0 radical (unpaired) electrons. The minimum Gasteiger partial charge on any atom is -0.454 e. The maximum atomic E-state index is 12.1. The van der Waals surface area contributed by atoms with E-state index in [-0.39, 0.29) is 24.8 Å². The van der Waals surface area contributed by atoms with E-state index in [1.165, 1.54) is 0 Å². The predicted octanol–water partition coefficient (Wildman–Crippen LogP) is 2.51. The van der Waals surface area contributed by atoms with E-state index in [0.29, 0.717) is 24.2 Å². The van der Waals surface area contributed by atoms with Crippen molar-refractivity contribution in [3.05, 3.63) is 70.0 Å². The third kappa shape index (κ3) is 3.39. The maximum absolute atomic E-state index is 12.1. The normalized spacial score (nSPS) is 12.3. The standard InChI is InChI=1S/C20H18N2O4/c23-19(8-6-13-5-7-17-18(9-13)26-12-25-17)21-11-15-10-14-3-1-2-4-16(14)22-20(15)24/h1-5,7,9-10H,6,8,11-12H2,(H,21,23)(H,22,24). The van der Waals surface area contributed by atoms with E-state index >= 15 is 0 Å². The van der Waals surface area contributed by atoms with Gasteiger partial charge >= 0.3 is 0 Å². The lowest BCUT2D eigenvalue weighted by molar-refractivity contribution is -0.121. The van der Waals surface area contributed by atoms with Crippen molar-refractivity contribution in [2.45, 2.75) is 19.4 Å². The van der Waals surface area contributed by atoms with Crippen LogP contribution in [0.5, 0.6) is 11.5 Å². The molecular formula is C20H18N2O4. The second-order valence-electron chi connectivity index (χ2n) is 6.18. The minimum atomic E-state index is -0.181. The smallest absolute Gasteiger partial charge is 0.253 e. The summed E-state index contributed by atoms with van der Waals surface area (Å²) in [5.41, 5.74) is 2.16. The molecule has 0 atom stereocenters. The first kappa shape index (κ1) is 16.2. The highest BCUT2D eigenvalue weighted by atomic mass is 16.7. The van der Waals surface area contributed by atoms with Crippen molar-refractivity contribution in [1.29, 1.82) is 0 Å². The van der Waals surface area contributed by atoms with Gasteiger partial charge < -0.3 is 19.8 Å². The van der Waals surface area contributed by atoms with Crippen LogP contribution in [-0.2, 0) is 17.8 Å². The van der Waals surface area contributed by atoms with Gasteiger partial charge in [0.1, 0.15) is 0 Å². The summed E-state index contributed by atoms with van der Waals surface area (Å²) in [6.07, 6.45) is 0.932. The number of aromatic nitrogens is 1. The van der Waals surface area contributed by atoms with E-state index in [4.69, 9.17) is 9.47 Å². The Morgan fingerprint density at radius 1 is 1.08 bits per heavy atom. The third-order valence-corrected chi connectivity index (χ3v) is 4.38. The fraction of sp³-hybridized carbons (Fsp3) is 0.200. The van der Waals surface area contributed by atoms with Gasteiger partial charge in [-0.2, -0.15) is 0 Å². The third-order valence-electron chi connectivity index (χ3n) is 4.38. The number of benzene rings is 2. The Kier molecular flexibility index (Phi) is 4.31. The first-order valence-electron chi connectivity index (χ1n) is 8.45. The number of hydrogen-bond donors (Lipinski definition) is 2. The molecule has 2 aromatic carbocycles. The molecule has 1 amide bonds. The number of rotatable bonds is 5. The second kappa shape index (κ2) is 6.92. The molecule has 0 bridgehead atoms. The fourth-order valence-electron chi connectivity index (χ4n) is 2.96. The van der Waals surface area contributed by atoms with Crippen LogP contribution in [0.4, 0.5) is 0 Å². The highest BCUT2D eigenvalue weighted by Gasteiger charge is 2.13. The molecule has 2 heterocycles. The van der Waals surface area contributed by atoms with Crippen LogP contribution in [0.25, 0.3) is 10.9 Å². The monoisotopic (exact) mass is 350 g/mol. The van der Waals surface area contributed by atoms with E-state index in [1.54, 1.807) is 0 Å². The zero-order valence-corrected chi connectivity index (χ0v) is 14.1. The van der Waals surface area contributed by atoms with Crippen LogP contribution in [0.3, 0.4) is 0 Å². The molecule has 26 heavy (non-hydrogen) atoms. The Morgan fingerprint density at radius 2 is 1.92 bits per heavy atom. The lowest BCUT2D eigenvalue weighted by Gasteiger charge is -2.07. The Morgan fingerprint density at radius 3 is 2.85 bits per heavy atom. The quantitative estimate of drug-likeness (QED) is 0.741. The number of carbonyl (C=O) groups excluding carboxylic acids is 1. The molecule has 6 heteroatoms. The van der Waals surface area contributed by atoms with Gasteiger partial charge in [-0.1, -0.05) is 24.3 Å². The average molecular weight is 350 g/mol. The zero-order chi connectivity index (χ0) is 17.9. The number of para-hydroxylation sites is 1. The molecule has 0 unspecified atom stereocenters. The summed E-state index contributed by atoms with van der Waals surface area (Å²) in [7, 11) is 0. The summed E-state index contributed by atoms with van der Waals surface area (Å²) in [5.74, 6) is 1.34. The Bertz CT molecular complexity index is 1030. The zero-order valence-electron chi connectivity index (χ0n) is 14.1. The molecule has 1 aliphatic rings. The van der Waals surface area contributed by atoms with Crippen molar-refractivity contribution in [3.8, 4) is 11.5 Å². The largest absolute Gasteiger partial charge is 0.454 e. The topological polar surface area (TPSA) is 80.4 Å². The van der Waals surface area contributed by atoms with E-state index in [0.717, 1.165) is 22.2 Å². The van der Waals surface area contributed by atoms with Gasteiger partial charge in [-0.3, -0.25) is 9.59 Å². The summed E-state index contributed by atoms with van der Waals surface area (Å²) in [6, 6.07) is 15.0. The van der Waals surface area contributed by atoms with Gasteiger partial charge in [-0.25, -0.2) is 0 Å². The fourth-order valence-corrected chi connectivity index (χ4v) is 2.96. The molecule has 3 aromatic rings. The lowest BCUT2D eigenvalue weighted by atomic mass is 10.1. The number of nitrogens with one attached hydrogen (secondary N) is 2. The number of hydrogen-bond acceptors (Lipinski definition) is 4. The number of aryl methyl sites for hydroxylation is 1. The summed E-state index contributed by atoms with van der Waals surface area (Å²) >= 11 is 0. The molecule has 1 aromatic heterocycles. The van der Waals surface area contributed by atoms with Crippen LogP contribution < -0.4 is 20.3 Å². The van der Waals surface area contributed by atoms with Gasteiger partial charge in [0.15, 0.2) is 11.5 Å². The first-order chi connectivity index (χ1) is 12.7. The average Bonchev–Trinajstić information content (AvgIpc) is 3.12. The first-order valence-corrected chi connectivity index (χ1v) is 8.45. The van der Waals surface area contributed by atoms with Gasteiger partial charge in [0.25, 0.3) is 5.56 Å². The minimum absolute atomic E-state index is 0.102. The summed E-state index contributed by atoms with van der Waals surface area (Å²) in [6.45, 7) is 0.444. The van der Waals surface area contributed by atoms with Crippen molar-refractivity contribution in [3.63, 3.8) is 0 Å². The van der Waals surface area contributed by atoms with Crippen LogP contribution in [-0.4, -0.2) is 17.7 Å². The molecule has 132 valence electrons. The molecule has 4 rings (SSSR count). The van der Waals surface area contributed by atoms with E-state index in [1.807, 2.05) is 48.5 Å². The number of pyridine rings is 1. The van der Waals surface area contributed by atoms with Crippen molar-refractivity contribution >= 4 is 16.8 Å². The molecule has 0 aliphatic carbocycles. The molecule has 0 spiro atoms. The van der Waals surface area contributed by atoms with Crippen LogP contribution >= 0.6 is 0 Å². The predicted molar refractivity (Wildman–Crippen MR) is 97.3 cm³/mol. The Labute approximate surface area is 149 Å². The molecule has 6 nitrogen and oxygen atoms in total. The van der Waals surface area contributed by atoms with Gasteiger partial charge in [-0.05, 0) is 41.6 Å². The van der Waals surface area contributed by atoms with Crippen molar-refractivity contribution in [2.75, 3.05) is 6.79 Å². The summed E-state index contributed by atoms with van der Waals surface area (Å²) in [4.78, 5) is 27.1. The number of ether oxygens (including phenoxy) is 2. The maximum Gasteiger partial charge on any atom is 0.253 e. The van der Waals surface area contributed by atoms with E-state index in [9.17, 15) is 9.59 Å². The number of fused-ring (bicyclic) bond motifs is 2. The van der Waals surface area contributed by atoms with Crippen molar-refractivity contribution in [2.24, 2.45) is 0 Å². The molecule has 0 saturated heterocycles. The van der Waals surface area contributed by atoms with Crippen molar-refractivity contribution < 1.29 is 14.3 Å². The van der Waals surface area contributed by atoms with Gasteiger partial charge in [-0.15, -0.1) is 0 Å². The molecular weight excluding hydrogens is 332 g/mol.